The Morgan fingerprint density at radius 1 is 1.41 bits per heavy atom. The predicted octanol–water partition coefficient (Wildman–Crippen LogP) is 4.33. The van der Waals surface area contributed by atoms with Gasteiger partial charge in [-0.25, -0.2) is 4.98 Å². The minimum absolute atomic E-state index is 0.352. The van der Waals surface area contributed by atoms with Crippen molar-refractivity contribution in [2.24, 2.45) is 11.3 Å². The van der Waals surface area contributed by atoms with E-state index in [1.165, 1.54) is 0 Å². The molecule has 0 atom stereocenters. The highest BCUT2D eigenvalue weighted by molar-refractivity contribution is 9.10. The van der Waals surface area contributed by atoms with Crippen LogP contribution in [0.1, 0.15) is 51.5 Å². The lowest BCUT2D eigenvalue weighted by Crippen LogP contribution is -2.35. The molecule has 1 aliphatic rings. The van der Waals surface area contributed by atoms with Gasteiger partial charge in [0.25, 0.3) is 0 Å². The van der Waals surface area contributed by atoms with Crippen LogP contribution < -0.4 is 0 Å². The van der Waals surface area contributed by atoms with Crippen LogP contribution >= 0.6 is 27.3 Å². The van der Waals surface area contributed by atoms with Crippen molar-refractivity contribution in [2.75, 3.05) is 0 Å². The first-order valence-corrected chi connectivity index (χ1v) is 7.82. The SMILES string of the molecule is CC(C)(C)C1CCC(O)(c2nc(Br)cs2)CC1. The van der Waals surface area contributed by atoms with Crippen LogP contribution in [0.5, 0.6) is 0 Å². The molecule has 1 heterocycles. The van der Waals surface area contributed by atoms with E-state index in [4.69, 9.17) is 0 Å². The zero-order valence-electron chi connectivity index (χ0n) is 10.7. The van der Waals surface area contributed by atoms with Crippen molar-refractivity contribution in [1.29, 1.82) is 0 Å². The summed E-state index contributed by atoms with van der Waals surface area (Å²) in [6.07, 6.45) is 3.87. The van der Waals surface area contributed by atoms with E-state index < -0.39 is 5.60 Å². The largest absolute Gasteiger partial charge is 0.383 e. The molecule has 2 nitrogen and oxygen atoms in total. The Kier molecular flexibility index (Phi) is 3.68. The quantitative estimate of drug-likeness (QED) is 0.836. The minimum atomic E-state index is -0.682. The first-order valence-electron chi connectivity index (χ1n) is 6.15. The summed E-state index contributed by atoms with van der Waals surface area (Å²) < 4.78 is 0.837. The van der Waals surface area contributed by atoms with Crippen LogP contribution in [0.2, 0.25) is 0 Å². The number of aliphatic hydroxyl groups is 1. The van der Waals surface area contributed by atoms with Gasteiger partial charge in [0.1, 0.15) is 15.2 Å². The van der Waals surface area contributed by atoms with Gasteiger partial charge in [0, 0.05) is 5.38 Å². The van der Waals surface area contributed by atoms with Gasteiger partial charge >= 0.3 is 0 Å². The van der Waals surface area contributed by atoms with Gasteiger partial charge in [-0.2, -0.15) is 0 Å². The van der Waals surface area contributed by atoms with Crippen molar-refractivity contribution >= 4 is 27.3 Å². The molecule has 0 bridgehead atoms. The monoisotopic (exact) mass is 317 g/mol. The summed E-state index contributed by atoms with van der Waals surface area (Å²) in [7, 11) is 0. The zero-order valence-corrected chi connectivity index (χ0v) is 13.1. The third-order valence-electron chi connectivity index (χ3n) is 3.91. The Labute approximate surface area is 116 Å². The summed E-state index contributed by atoms with van der Waals surface area (Å²) in [5.41, 5.74) is -0.330. The van der Waals surface area contributed by atoms with Gasteiger partial charge in [-0.3, -0.25) is 0 Å². The molecule has 0 radical (unpaired) electrons. The highest BCUT2D eigenvalue weighted by Crippen LogP contribution is 2.46. The highest BCUT2D eigenvalue weighted by atomic mass is 79.9. The van der Waals surface area contributed by atoms with E-state index in [1.807, 2.05) is 5.38 Å². The second kappa shape index (κ2) is 4.63. The molecule has 17 heavy (non-hydrogen) atoms. The second-order valence-electron chi connectivity index (χ2n) is 6.15. The summed E-state index contributed by atoms with van der Waals surface area (Å²) in [6.45, 7) is 6.88. The molecule has 1 fully saturated rings. The van der Waals surface area contributed by atoms with Gasteiger partial charge in [0.15, 0.2) is 0 Å². The maximum absolute atomic E-state index is 10.7. The predicted molar refractivity (Wildman–Crippen MR) is 75.1 cm³/mol. The van der Waals surface area contributed by atoms with Gasteiger partial charge in [-0.05, 0) is 52.9 Å². The lowest BCUT2D eigenvalue weighted by Gasteiger charge is -2.40. The molecule has 1 aromatic heterocycles. The number of halogens is 1. The molecule has 0 saturated heterocycles. The van der Waals surface area contributed by atoms with Crippen molar-refractivity contribution in [3.63, 3.8) is 0 Å². The fourth-order valence-corrected chi connectivity index (χ4v) is 4.05. The molecule has 1 N–H and O–H groups in total. The molecule has 4 heteroatoms. The standard InChI is InChI=1S/C13H20BrNOS/c1-12(2,3)9-4-6-13(16,7-5-9)11-15-10(14)8-17-11/h8-9,16H,4-7H2,1-3H3. The topological polar surface area (TPSA) is 33.1 Å². The first kappa shape index (κ1) is 13.5. The van der Waals surface area contributed by atoms with E-state index >= 15 is 0 Å². The minimum Gasteiger partial charge on any atom is -0.383 e. The molecule has 0 aromatic carbocycles. The van der Waals surface area contributed by atoms with Gasteiger partial charge < -0.3 is 5.11 Å². The van der Waals surface area contributed by atoms with Crippen LogP contribution in [0, 0.1) is 11.3 Å². The number of thiazole rings is 1. The number of nitrogens with zero attached hydrogens (tertiary/aromatic N) is 1. The van der Waals surface area contributed by atoms with Crippen LogP contribution in [-0.4, -0.2) is 10.1 Å². The van der Waals surface area contributed by atoms with Gasteiger partial charge in [0.05, 0.1) is 0 Å². The molecule has 1 aromatic rings. The maximum Gasteiger partial charge on any atom is 0.126 e. The van der Waals surface area contributed by atoms with Crippen LogP contribution in [0.3, 0.4) is 0 Å². The molecular weight excluding hydrogens is 298 g/mol. The van der Waals surface area contributed by atoms with Gasteiger partial charge in [-0.1, -0.05) is 20.8 Å². The molecule has 1 aliphatic carbocycles. The summed E-state index contributed by atoms with van der Waals surface area (Å²) in [5.74, 6) is 0.714. The summed E-state index contributed by atoms with van der Waals surface area (Å²) >= 11 is 4.91. The van der Waals surface area contributed by atoms with Gasteiger partial charge in [-0.15, -0.1) is 11.3 Å². The molecular formula is C13H20BrNOS. The Morgan fingerprint density at radius 2 is 2.00 bits per heavy atom. The molecule has 1 saturated carbocycles. The Bertz CT molecular complexity index is 388. The number of aromatic nitrogens is 1. The summed E-state index contributed by atoms with van der Waals surface area (Å²) in [6, 6.07) is 0. The van der Waals surface area contributed by atoms with Crippen molar-refractivity contribution in [3.05, 3.63) is 15.0 Å². The lowest BCUT2D eigenvalue weighted by atomic mass is 9.68. The van der Waals surface area contributed by atoms with Crippen LogP contribution in [0.4, 0.5) is 0 Å². The Hall–Kier alpha value is 0.0700. The average Bonchev–Trinajstić information content (AvgIpc) is 2.65. The maximum atomic E-state index is 10.7. The molecule has 0 unspecified atom stereocenters. The van der Waals surface area contributed by atoms with Crippen LogP contribution in [0.15, 0.2) is 9.98 Å². The molecule has 2 rings (SSSR count). The number of rotatable bonds is 1. The van der Waals surface area contributed by atoms with Crippen molar-refractivity contribution in [3.8, 4) is 0 Å². The van der Waals surface area contributed by atoms with E-state index in [9.17, 15) is 5.11 Å². The first-order chi connectivity index (χ1) is 7.81. The fourth-order valence-electron chi connectivity index (χ4n) is 2.64. The Morgan fingerprint density at radius 3 is 2.41 bits per heavy atom. The molecule has 0 amide bonds. The van der Waals surface area contributed by atoms with E-state index in [0.717, 1.165) is 35.3 Å². The van der Waals surface area contributed by atoms with Crippen LogP contribution in [0.25, 0.3) is 0 Å². The van der Waals surface area contributed by atoms with Crippen molar-refractivity contribution in [1.82, 2.24) is 4.98 Å². The van der Waals surface area contributed by atoms with E-state index in [0.29, 0.717) is 11.3 Å². The smallest absolute Gasteiger partial charge is 0.126 e. The van der Waals surface area contributed by atoms with E-state index in [2.05, 4.69) is 41.7 Å². The molecule has 0 aliphatic heterocycles. The van der Waals surface area contributed by atoms with Gasteiger partial charge in [0.2, 0.25) is 0 Å². The summed E-state index contributed by atoms with van der Waals surface area (Å²) in [4.78, 5) is 4.38. The lowest BCUT2D eigenvalue weighted by molar-refractivity contribution is -0.0299. The van der Waals surface area contributed by atoms with Crippen molar-refractivity contribution in [2.45, 2.75) is 52.1 Å². The number of hydrogen-bond donors (Lipinski definition) is 1. The normalized spacial score (nSPS) is 30.5. The second-order valence-corrected chi connectivity index (χ2v) is 7.82. The summed E-state index contributed by atoms with van der Waals surface area (Å²) in [5, 5.41) is 13.5. The fraction of sp³-hybridized carbons (Fsp3) is 0.769. The molecule has 0 spiro atoms. The Balaban J connectivity index is 2.07. The zero-order chi connectivity index (χ0) is 12.7. The molecule has 96 valence electrons. The third kappa shape index (κ3) is 2.91. The third-order valence-corrected chi connectivity index (χ3v) is 5.66. The van der Waals surface area contributed by atoms with Crippen molar-refractivity contribution < 1.29 is 5.11 Å². The van der Waals surface area contributed by atoms with Crippen LogP contribution in [-0.2, 0) is 5.60 Å². The van der Waals surface area contributed by atoms with E-state index in [1.54, 1.807) is 11.3 Å². The van der Waals surface area contributed by atoms with E-state index in [-0.39, 0.29) is 0 Å². The average molecular weight is 318 g/mol. The number of hydrogen-bond acceptors (Lipinski definition) is 3. The highest BCUT2D eigenvalue weighted by Gasteiger charge is 2.40.